The van der Waals surface area contributed by atoms with E-state index in [0.29, 0.717) is 22.3 Å². The van der Waals surface area contributed by atoms with Gasteiger partial charge in [0, 0.05) is 34.1 Å². The van der Waals surface area contributed by atoms with Crippen LogP contribution in [0.5, 0.6) is 0 Å². The van der Waals surface area contributed by atoms with Gasteiger partial charge in [0.05, 0.1) is 21.7 Å². The van der Waals surface area contributed by atoms with Gasteiger partial charge < -0.3 is 9.80 Å². The van der Waals surface area contributed by atoms with Gasteiger partial charge in [0.25, 0.3) is 11.8 Å². The highest BCUT2D eigenvalue weighted by Crippen LogP contribution is 2.61. The van der Waals surface area contributed by atoms with Crippen molar-refractivity contribution in [2.45, 2.75) is 88.9 Å². The van der Waals surface area contributed by atoms with Crippen molar-refractivity contribution in [2.75, 3.05) is 9.80 Å². The quantitative estimate of drug-likeness (QED) is 0.141. The van der Waals surface area contributed by atoms with E-state index in [1.165, 1.54) is 0 Å². The highest BCUT2D eigenvalue weighted by molar-refractivity contribution is 5.86. The molecule has 0 N–H and O–H groups in total. The molecule has 2 aliphatic rings. The fourth-order valence-corrected chi connectivity index (χ4v) is 10.3. The molecule has 0 radical (unpaired) electrons. The van der Waals surface area contributed by atoms with E-state index in [1.807, 2.05) is 97.1 Å². The molecule has 7 aromatic carbocycles. The lowest BCUT2D eigenvalue weighted by Crippen LogP contribution is -2.46. The number of para-hydroxylation sites is 2. The average Bonchev–Trinajstić information content (AvgIpc) is 3.44. The first-order valence-corrected chi connectivity index (χ1v) is 21.4. The summed E-state index contributed by atoms with van der Waals surface area (Å²) in [5.74, 6) is -5.83. The molecule has 0 heterocycles. The van der Waals surface area contributed by atoms with E-state index in [9.17, 15) is 0 Å². The van der Waals surface area contributed by atoms with Gasteiger partial charge >= 0.3 is 0 Å². The fourth-order valence-electron chi connectivity index (χ4n) is 10.3. The van der Waals surface area contributed by atoms with E-state index in [1.54, 1.807) is 55.4 Å². The van der Waals surface area contributed by atoms with Crippen LogP contribution in [-0.4, -0.2) is 11.8 Å². The van der Waals surface area contributed by atoms with Crippen molar-refractivity contribution in [1.82, 2.24) is 0 Å². The molecule has 6 heteroatoms. The highest BCUT2D eigenvalue weighted by atomic mass is 19.3. The number of rotatable bonds is 8. The molecule has 0 atom stereocenters. The Morgan fingerprint density at radius 2 is 0.565 bits per heavy atom. The van der Waals surface area contributed by atoms with Crippen molar-refractivity contribution in [3.8, 4) is 22.3 Å². The van der Waals surface area contributed by atoms with E-state index < -0.39 is 33.5 Å². The molecule has 62 heavy (non-hydrogen) atoms. The third-order valence-electron chi connectivity index (χ3n) is 14.1. The fraction of sp³-hybridized carbons (Fsp3) is 0.250. The maximum absolute atomic E-state index is 15.9. The Morgan fingerprint density at radius 1 is 0.274 bits per heavy atom. The lowest BCUT2D eigenvalue weighted by Gasteiger charge is -2.35. The molecule has 0 fully saturated rings. The summed E-state index contributed by atoms with van der Waals surface area (Å²) in [6.45, 7) is 13.2. The Bertz CT molecular complexity index is 2630. The standard InChI is InChI=1S/C56H52F4N2/c1-51(2)47-30-28-39(34-49(47)53(5,6)55(51,57)58)37-18-15-24-43(32-37)61(41-20-11-9-12-21-41)45-26-17-27-46(36-45)62(42-22-13-10-14-23-42)44-25-16-19-38(33-44)40-29-31-48-50(35-40)54(7,8)56(59,60)52(48,3)4/h9-36H,1-8H3. The number of hydrogen-bond donors (Lipinski definition) is 0. The van der Waals surface area contributed by atoms with Gasteiger partial charge in [-0.15, -0.1) is 0 Å². The summed E-state index contributed by atoms with van der Waals surface area (Å²) in [4.78, 5) is 4.43. The van der Waals surface area contributed by atoms with Crippen LogP contribution in [0.4, 0.5) is 51.7 Å². The van der Waals surface area contributed by atoms with E-state index in [-0.39, 0.29) is 0 Å². The third-order valence-corrected chi connectivity index (χ3v) is 14.1. The van der Waals surface area contributed by atoms with Gasteiger partial charge in [-0.05, 0) is 167 Å². The van der Waals surface area contributed by atoms with Crippen LogP contribution in [-0.2, 0) is 21.7 Å². The molecule has 0 aromatic heterocycles. The Kier molecular flexibility index (Phi) is 9.44. The monoisotopic (exact) mass is 828 g/mol. The summed E-state index contributed by atoms with van der Waals surface area (Å²) >= 11 is 0. The van der Waals surface area contributed by atoms with Crippen LogP contribution < -0.4 is 9.80 Å². The normalized spacial score (nSPS) is 18.1. The second-order valence-electron chi connectivity index (χ2n) is 19.1. The first-order valence-electron chi connectivity index (χ1n) is 21.4. The minimum Gasteiger partial charge on any atom is -0.310 e. The van der Waals surface area contributed by atoms with Crippen LogP contribution in [0.3, 0.4) is 0 Å². The zero-order valence-electron chi connectivity index (χ0n) is 36.6. The molecular weight excluding hydrogens is 777 g/mol. The van der Waals surface area contributed by atoms with E-state index in [4.69, 9.17) is 0 Å². The first kappa shape index (κ1) is 41.2. The summed E-state index contributed by atoms with van der Waals surface area (Å²) < 4.78 is 63.4. The summed E-state index contributed by atoms with van der Waals surface area (Å²) in [5.41, 5.74) is 6.72. The van der Waals surface area contributed by atoms with Crippen molar-refractivity contribution in [1.29, 1.82) is 0 Å². The Morgan fingerprint density at radius 3 is 0.935 bits per heavy atom. The summed E-state index contributed by atoms with van der Waals surface area (Å²) in [6, 6.07) is 56.9. The molecule has 0 spiro atoms. The number of fused-ring (bicyclic) bond motifs is 2. The number of hydrogen-bond acceptors (Lipinski definition) is 2. The first-order chi connectivity index (χ1) is 29.3. The second-order valence-corrected chi connectivity index (χ2v) is 19.1. The van der Waals surface area contributed by atoms with Gasteiger partial charge in [-0.25, -0.2) is 17.6 Å². The maximum Gasteiger partial charge on any atom is 0.266 e. The zero-order chi connectivity index (χ0) is 44.0. The van der Waals surface area contributed by atoms with Crippen LogP contribution in [0.1, 0.15) is 77.6 Å². The molecule has 7 aromatic rings. The van der Waals surface area contributed by atoms with Crippen molar-refractivity contribution >= 4 is 34.1 Å². The Balaban J connectivity index is 1.13. The van der Waals surface area contributed by atoms with Crippen molar-refractivity contribution in [3.05, 3.63) is 192 Å². The minimum atomic E-state index is -2.91. The number of halogens is 4. The van der Waals surface area contributed by atoms with Gasteiger partial charge in [-0.3, -0.25) is 0 Å². The number of anilines is 6. The van der Waals surface area contributed by atoms with Crippen LogP contribution in [0.2, 0.25) is 0 Å². The topological polar surface area (TPSA) is 6.48 Å². The van der Waals surface area contributed by atoms with Gasteiger partial charge in [-0.2, -0.15) is 0 Å². The van der Waals surface area contributed by atoms with Crippen LogP contribution >= 0.6 is 0 Å². The summed E-state index contributed by atoms with van der Waals surface area (Å²) in [6.07, 6.45) is 0. The lowest BCUT2D eigenvalue weighted by molar-refractivity contribution is -0.105. The van der Waals surface area contributed by atoms with Gasteiger partial charge in [0.15, 0.2) is 0 Å². The molecule has 2 nitrogen and oxygen atoms in total. The van der Waals surface area contributed by atoms with E-state index >= 15 is 17.6 Å². The molecule has 0 bridgehead atoms. The lowest BCUT2D eigenvalue weighted by atomic mass is 9.77. The zero-order valence-corrected chi connectivity index (χ0v) is 36.6. The maximum atomic E-state index is 15.9. The molecule has 2 aliphatic carbocycles. The van der Waals surface area contributed by atoms with Crippen LogP contribution in [0.15, 0.2) is 170 Å². The summed E-state index contributed by atoms with van der Waals surface area (Å²) in [7, 11) is 0. The molecule has 0 aliphatic heterocycles. The van der Waals surface area contributed by atoms with Crippen molar-refractivity contribution in [2.24, 2.45) is 0 Å². The average molecular weight is 829 g/mol. The van der Waals surface area contributed by atoms with E-state index in [2.05, 4.69) is 82.6 Å². The number of nitrogens with zero attached hydrogens (tertiary/aromatic N) is 2. The molecule has 0 saturated carbocycles. The predicted octanol–water partition coefficient (Wildman–Crippen LogP) is 16.4. The Hall–Kier alpha value is -6.14. The van der Waals surface area contributed by atoms with Crippen molar-refractivity contribution in [3.63, 3.8) is 0 Å². The molecule has 0 unspecified atom stereocenters. The molecule has 9 rings (SSSR count). The smallest absolute Gasteiger partial charge is 0.266 e. The molecule has 0 amide bonds. The number of benzene rings is 7. The predicted molar refractivity (Wildman–Crippen MR) is 249 cm³/mol. The van der Waals surface area contributed by atoms with Crippen molar-refractivity contribution < 1.29 is 17.6 Å². The molecular formula is C56H52F4N2. The van der Waals surface area contributed by atoms with Gasteiger partial charge in [0.1, 0.15) is 0 Å². The van der Waals surface area contributed by atoms with E-state index in [0.717, 1.165) is 56.4 Å². The highest BCUT2D eigenvalue weighted by Gasteiger charge is 2.66. The minimum absolute atomic E-state index is 0.679. The van der Waals surface area contributed by atoms with Gasteiger partial charge in [-0.1, -0.05) is 103 Å². The second kappa shape index (κ2) is 14.2. The SMILES string of the molecule is CC1(C)c2ccc(-c3cccc(N(c4ccccc4)c4cccc(N(c5ccccc5)c5cccc(-c6ccc7c(c6)C(C)(C)C(F)(F)C7(C)C)c5)c4)c3)cc2C(C)(C)C1(F)F. The summed E-state index contributed by atoms with van der Waals surface area (Å²) in [5, 5.41) is 0. The Labute approximate surface area is 363 Å². The number of alkyl halides is 4. The molecule has 0 saturated heterocycles. The van der Waals surface area contributed by atoms with Gasteiger partial charge in [0.2, 0.25) is 0 Å². The van der Waals surface area contributed by atoms with Crippen LogP contribution in [0, 0.1) is 0 Å². The molecule has 314 valence electrons. The third kappa shape index (κ3) is 6.04. The largest absolute Gasteiger partial charge is 0.310 e. The van der Waals surface area contributed by atoms with Crippen LogP contribution in [0.25, 0.3) is 22.3 Å².